The summed E-state index contributed by atoms with van der Waals surface area (Å²) in [6, 6.07) is 17.2. The maximum atomic E-state index is 11.6. The van der Waals surface area contributed by atoms with Gasteiger partial charge in [0.05, 0.1) is 18.2 Å². The zero-order chi connectivity index (χ0) is 24.8. The van der Waals surface area contributed by atoms with Gasteiger partial charge in [-0.05, 0) is 74.2 Å². The van der Waals surface area contributed by atoms with E-state index >= 15 is 0 Å². The molecule has 0 aliphatic carbocycles. The van der Waals surface area contributed by atoms with Gasteiger partial charge in [-0.15, -0.1) is 0 Å². The van der Waals surface area contributed by atoms with Gasteiger partial charge in [0.2, 0.25) is 0 Å². The highest BCUT2D eigenvalue weighted by Gasteiger charge is 2.11. The Hall–Kier alpha value is -2.86. The average Bonchev–Trinajstić information content (AvgIpc) is 2.81. The molecule has 0 amide bonds. The predicted octanol–water partition coefficient (Wildman–Crippen LogP) is 8.48. The zero-order valence-corrected chi connectivity index (χ0v) is 21.3. The molecule has 0 spiro atoms. The lowest BCUT2D eigenvalue weighted by Gasteiger charge is -2.14. The summed E-state index contributed by atoms with van der Waals surface area (Å²) in [5, 5.41) is 2.38. The Kier molecular flexibility index (Phi) is 8.45. The Labute approximate surface area is 218 Å². The Morgan fingerprint density at radius 1 is 0.743 bits per heavy atom. The predicted molar refractivity (Wildman–Crippen MR) is 140 cm³/mol. The molecule has 0 bridgehead atoms. The Morgan fingerprint density at radius 3 is 2.23 bits per heavy atom. The van der Waals surface area contributed by atoms with E-state index in [9.17, 15) is 4.79 Å². The number of hydrogen-bond acceptors (Lipinski definition) is 5. The van der Waals surface area contributed by atoms with Gasteiger partial charge in [-0.2, -0.15) is 0 Å². The minimum atomic E-state index is -0.364. The maximum Gasteiger partial charge on any atom is 0.336 e. The molecule has 0 aliphatic heterocycles. The quantitative estimate of drug-likeness (QED) is 0.151. The van der Waals surface area contributed by atoms with E-state index in [4.69, 9.17) is 53.4 Å². The van der Waals surface area contributed by atoms with Crippen LogP contribution in [-0.2, 0) is 0 Å². The van der Waals surface area contributed by atoms with Gasteiger partial charge >= 0.3 is 5.63 Å². The van der Waals surface area contributed by atoms with Crippen LogP contribution in [0.15, 0.2) is 69.9 Å². The highest BCUT2D eigenvalue weighted by atomic mass is 35.5. The highest BCUT2D eigenvalue weighted by molar-refractivity contribution is 6.35. The number of hydrogen-bond donors (Lipinski definition) is 0. The van der Waals surface area contributed by atoms with Crippen LogP contribution in [0.25, 0.3) is 11.0 Å². The Morgan fingerprint density at radius 2 is 1.46 bits per heavy atom. The molecule has 0 N–H and O–H groups in total. The van der Waals surface area contributed by atoms with Crippen LogP contribution in [0.3, 0.4) is 0 Å². The number of unbranched alkanes of at least 4 members (excludes halogenated alkanes) is 2. The fraction of sp³-hybridized carbons (Fsp3) is 0.222. The van der Waals surface area contributed by atoms with E-state index in [-0.39, 0.29) is 5.63 Å². The van der Waals surface area contributed by atoms with E-state index in [2.05, 4.69) is 0 Å². The van der Waals surface area contributed by atoms with E-state index in [0.717, 1.165) is 30.2 Å². The molecule has 5 nitrogen and oxygen atoms in total. The molecule has 0 saturated carbocycles. The minimum absolute atomic E-state index is 0.364. The molecule has 4 rings (SSSR count). The molecule has 35 heavy (non-hydrogen) atoms. The number of benzene rings is 3. The van der Waals surface area contributed by atoms with Crippen LogP contribution in [0, 0.1) is 6.92 Å². The first kappa shape index (κ1) is 25.2. The summed E-state index contributed by atoms with van der Waals surface area (Å²) in [6.45, 7) is 2.92. The third kappa shape index (κ3) is 6.85. The second-order valence-corrected chi connectivity index (χ2v) is 9.21. The van der Waals surface area contributed by atoms with Gasteiger partial charge in [0, 0.05) is 33.6 Å². The van der Waals surface area contributed by atoms with Gasteiger partial charge in [-0.25, -0.2) is 4.79 Å². The molecule has 3 aromatic carbocycles. The standard InChI is InChI=1S/C27H23Cl3O5/c1-17-13-27(31)35-25-16-20(7-8-21(17)25)32-11-3-2-4-12-33-26-15-19(29)6-10-24(26)34-23-9-5-18(28)14-22(23)30/h5-10,13-16H,2-4,11-12H2,1H3. The first-order valence-corrected chi connectivity index (χ1v) is 12.2. The van der Waals surface area contributed by atoms with Crippen molar-refractivity contribution in [1.29, 1.82) is 0 Å². The fourth-order valence-corrected chi connectivity index (χ4v) is 4.11. The normalized spacial score (nSPS) is 11.0. The van der Waals surface area contributed by atoms with Crippen molar-refractivity contribution >= 4 is 45.8 Å². The number of fused-ring (bicyclic) bond motifs is 1. The van der Waals surface area contributed by atoms with Gasteiger partial charge in [0.25, 0.3) is 0 Å². The lowest BCUT2D eigenvalue weighted by molar-refractivity contribution is 0.273. The monoisotopic (exact) mass is 532 g/mol. The maximum absolute atomic E-state index is 11.6. The zero-order valence-electron chi connectivity index (χ0n) is 19.0. The SMILES string of the molecule is Cc1cc(=O)oc2cc(OCCCCCOc3cc(Cl)ccc3Oc3ccc(Cl)cc3Cl)ccc12. The van der Waals surface area contributed by atoms with E-state index in [1.165, 1.54) is 6.07 Å². The van der Waals surface area contributed by atoms with Crippen molar-refractivity contribution in [2.45, 2.75) is 26.2 Å². The van der Waals surface area contributed by atoms with E-state index in [1.807, 2.05) is 19.1 Å². The number of ether oxygens (including phenoxy) is 3. The Bertz CT molecular complexity index is 1380. The van der Waals surface area contributed by atoms with Gasteiger partial charge in [0.15, 0.2) is 11.5 Å². The molecule has 8 heteroatoms. The molecular formula is C27H23Cl3O5. The van der Waals surface area contributed by atoms with Crippen LogP contribution in [0.1, 0.15) is 24.8 Å². The molecule has 0 atom stereocenters. The van der Waals surface area contributed by atoms with Gasteiger partial charge in [0.1, 0.15) is 17.1 Å². The van der Waals surface area contributed by atoms with Crippen LogP contribution in [0.5, 0.6) is 23.0 Å². The summed E-state index contributed by atoms with van der Waals surface area (Å²) in [6.07, 6.45) is 2.57. The summed E-state index contributed by atoms with van der Waals surface area (Å²) in [4.78, 5) is 11.6. The molecule has 0 saturated heterocycles. The van der Waals surface area contributed by atoms with Crippen LogP contribution in [0.2, 0.25) is 15.1 Å². The van der Waals surface area contributed by atoms with Crippen LogP contribution in [-0.4, -0.2) is 13.2 Å². The summed E-state index contributed by atoms with van der Waals surface area (Å²) >= 11 is 18.3. The molecule has 0 radical (unpaired) electrons. The van der Waals surface area contributed by atoms with Crippen LogP contribution in [0.4, 0.5) is 0 Å². The lowest BCUT2D eigenvalue weighted by atomic mass is 10.1. The second-order valence-electron chi connectivity index (χ2n) is 7.93. The van der Waals surface area contributed by atoms with Crippen molar-refractivity contribution in [2.24, 2.45) is 0 Å². The van der Waals surface area contributed by atoms with Crippen molar-refractivity contribution < 1.29 is 18.6 Å². The van der Waals surface area contributed by atoms with E-state index in [1.54, 1.807) is 42.5 Å². The molecule has 1 aromatic heterocycles. The van der Waals surface area contributed by atoms with E-state index in [0.29, 0.717) is 56.9 Å². The molecule has 4 aromatic rings. The summed E-state index contributed by atoms with van der Waals surface area (Å²) in [5.41, 5.74) is 1.05. The summed E-state index contributed by atoms with van der Waals surface area (Å²) in [5.74, 6) is 2.19. The largest absolute Gasteiger partial charge is 0.493 e. The molecule has 0 unspecified atom stereocenters. The van der Waals surface area contributed by atoms with Gasteiger partial charge < -0.3 is 18.6 Å². The minimum Gasteiger partial charge on any atom is -0.493 e. The third-order valence-corrected chi connectivity index (χ3v) is 6.02. The van der Waals surface area contributed by atoms with E-state index < -0.39 is 0 Å². The average molecular weight is 534 g/mol. The number of rotatable bonds is 10. The lowest BCUT2D eigenvalue weighted by Crippen LogP contribution is -2.02. The van der Waals surface area contributed by atoms with Crippen molar-refractivity contribution in [3.63, 3.8) is 0 Å². The van der Waals surface area contributed by atoms with Gasteiger partial charge in [-0.1, -0.05) is 34.8 Å². The van der Waals surface area contributed by atoms with Crippen molar-refractivity contribution in [3.05, 3.63) is 91.7 Å². The molecule has 0 fully saturated rings. The van der Waals surface area contributed by atoms with Crippen molar-refractivity contribution in [1.82, 2.24) is 0 Å². The first-order chi connectivity index (χ1) is 16.9. The highest BCUT2D eigenvalue weighted by Crippen LogP contribution is 2.37. The molecule has 0 aliphatic rings. The van der Waals surface area contributed by atoms with Gasteiger partial charge in [-0.3, -0.25) is 0 Å². The van der Waals surface area contributed by atoms with Crippen LogP contribution >= 0.6 is 34.8 Å². The molecular weight excluding hydrogens is 511 g/mol. The first-order valence-electron chi connectivity index (χ1n) is 11.1. The summed E-state index contributed by atoms with van der Waals surface area (Å²) < 4.78 is 22.9. The smallest absolute Gasteiger partial charge is 0.336 e. The van der Waals surface area contributed by atoms with Crippen molar-refractivity contribution in [2.75, 3.05) is 13.2 Å². The topological polar surface area (TPSA) is 57.9 Å². The fourth-order valence-electron chi connectivity index (χ4n) is 3.50. The summed E-state index contributed by atoms with van der Waals surface area (Å²) in [7, 11) is 0. The second kappa shape index (κ2) is 11.7. The number of halogens is 3. The molecule has 182 valence electrons. The third-order valence-electron chi connectivity index (χ3n) is 5.26. The van der Waals surface area contributed by atoms with Crippen LogP contribution < -0.4 is 19.8 Å². The Balaban J connectivity index is 1.24. The molecule has 1 heterocycles. The number of aryl methyl sites for hydroxylation is 1. The van der Waals surface area contributed by atoms with Crippen molar-refractivity contribution in [3.8, 4) is 23.0 Å².